The lowest BCUT2D eigenvalue weighted by Crippen LogP contribution is -2.40. The fourth-order valence-corrected chi connectivity index (χ4v) is 3.48. The first-order valence-electron chi connectivity index (χ1n) is 8.19. The zero-order chi connectivity index (χ0) is 19.0. The topological polar surface area (TPSA) is 87.3 Å². The van der Waals surface area contributed by atoms with Crippen LogP contribution in [0, 0.1) is 6.92 Å². The number of benzene rings is 2. The Kier molecular flexibility index (Phi) is 7.44. The van der Waals surface area contributed by atoms with Gasteiger partial charge in [-0.3, -0.25) is 0 Å². The van der Waals surface area contributed by atoms with Crippen molar-refractivity contribution in [3.05, 3.63) is 64.7 Å². The summed E-state index contributed by atoms with van der Waals surface area (Å²) in [6, 6.07) is 13.7. The minimum Gasteiger partial charge on any atom is -0.338 e. The van der Waals surface area contributed by atoms with Gasteiger partial charge in [0.25, 0.3) is 0 Å². The number of urea groups is 1. The third kappa shape index (κ3) is 6.67. The van der Waals surface area contributed by atoms with Crippen LogP contribution < -0.4 is 15.4 Å². The van der Waals surface area contributed by atoms with Gasteiger partial charge < -0.3 is 10.6 Å². The van der Waals surface area contributed by atoms with Crippen LogP contribution in [-0.2, 0) is 16.4 Å². The lowest BCUT2D eigenvalue weighted by Gasteiger charge is -2.09. The highest BCUT2D eigenvalue weighted by molar-refractivity contribution is 7.89. The van der Waals surface area contributed by atoms with Crippen molar-refractivity contribution in [2.45, 2.75) is 18.2 Å². The first-order valence-corrected chi connectivity index (χ1v) is 10.1. The Bertz CT molecular complexity index is 839. The van der Waals surface area contributed by atoms with Gasteiger partial charge in [-0.25, -0.2) is 17.9 Å². The van der Waals surface area contributed by atoms with Gasteiger partial charge in [-0.1, -0.05) is 41.4 Å². The maximum Gasteiger partial charge on any atom is 0.314 e. The first-order chi connectivity index (χ1) is 12.4. The highest BCUT2D eigenvalue weighted by Gasteiger charge is 2.12. The van der Waals surface area contributed by atoms with E-state index >= 15 is 0 Å². The Morgan fingerprint density at radius 3 is 2.38 bits per heavy atom. The van der Waals surface area contributed by atoms with Gasteiger partial charge in [-0.2, -0.15) is 0 Å². The lowest BCUT2D eigenvalue weighted by molar-refractivity contribution is 0.241. The van der Waals surface area contributed by atoms with E-state index in [0.29, 0.717) is 18.0 Å². The van der Waals surface area contributed by atoms with Gasteiger partial charge in [0.05, 0.1) is 4.90 Å². The van der Waals surface area contributed by atoms with E-state index in [-0.39, 0.29) is 24.0 Å². The number of hydrogen-bond acceptors (Lipinski definition) is 3. The molecule has 3 N–H and O–H groups in total. The van der Waals surface area contributed by atoms with Gasteiger partial charge in [0.2, 0.25) is 10.0 Å². The van der Waals surface area contributed by atoms with E-state index in [4.69, 9.17) is 11.6 Å². The Morgan fingerprint density at radius 1 is 1.00 bits per heavy atom. The third-order valence-electron chi connectivity index (χ3n) is 3.62. The molecule has 0 heterocycles. The normalized spacial score (nSPS) is 11.2. The van der Waals surface area contributed by atoms with E-state index in [2.05, 4.69) is 15.4 Å². The summed E-state index contributed by atoms with van der Waals surface area (Å²) >= 11 is 5.90. The minimum absolute atomic E-state index is 0.109. The van der Waals surface area contributed by atoms with E-state index < -0.39 is 10.0 Å². The van der Waals surface area contributed by atoms with Crippen LogP contribution in [0.5, 0.6) is 0 Å². The van der Waals surface area contributed by atoms with E-state index in [1.165, 1.54) is 0 Å². The predicted molar refractivity (Wildman–Crippen MR) is 103 cm³/mol. The molecule has 0 atom stereocenters. The van der Waals surface area contributed by atoms with Crippen molar-refractivity contribution < 1.29 is 13.2 Å². The molecule has 2 aromatic carbocycles. The Morgan fingerprint density at radius 2 is 1.69 bits per heavy atom. The van der Waals surface area contributed by atoms with Gasteiger partial charge in [0, 0.05) is 24.7 Å². The number of carbonyl (C=O) groups is 1. The second-order valence-corrected chi connectivity index (χ2v) is 7.98. The molecule has 0 aliphatic heterocycles. The molecule has 0 spiro atoms. The molecule has 0 aliphatic carbocycles. The monoisotopic (exact) mass is 395 g/mol. The van der Waals surface area contributed by atoms with E-state index in [0.717, 1.165) is 11.1 Å². The molecule has 0 saturated heterocycles. The summed E-state index contributed by atoms with van der Waals surface area (Å²) in [5, 5.41) is 5.99. The molecule has 2 amide bonds. The molecule has 6 nitrogen and oxygen atoms in total. The summed E-state index contributed by atoms with van der Waals surface area (Å²) in [5.74, 6) is 0. The highest BCUT2D eigenvalue weighted by atomic mass is 35.5. The summed E-state index contributed by atoms with van der Waals surface area (Å²) < 4.78 is 26.6. The first kappa shape index (κ1) is 20.2. The standard InChI is InChI=1S/C18H22ClN3O3S/c1-14-5-7-17(8-6-14)26(24,25)22-12-11-21-18(23)20-10-9-15-3-2-4-16(19)13-15/h2-8,13,22H,9-12H2,1H3,(H2,20,21,23). The van der Waals surface area contributed by atoms with Gasteiger partial charge in [0.1, 0.15) is 0 Å². The van der Waals surface area contributed by atoms with Crippen LogP contribution in [-0.4, -0.2) is 34.1 Å². The number of carbonyl (C=O) groups excluding carboxylic acids is 1. The maximum atomic E-state index is 12.1. The zero-order valence-corrected chi connectivity index (χ0v) is 16.0. The van der Waals surface area contributed by atoms with E-state index in [9.17, 15) is 13.2 Å². The number of aryl methyl sites for hydroxylation is 1. The molecule has 140 valence electrons. The van der Waals surface area contributed by atoms with Crippen molar-refractivity contribution in [2.75, 3.05) is 19.6 Å². The van der Waals surface area contributed by atoms with Crippen LogP contribution >= 0.6 is 11.6 Å². The van der Waals surface area contributed by atoms with Crippen molar-refractivity contribution in [3.63, 3.8) is 0 Å². The maximum absolute atomic E-state index is 12.1. The SMILES string of the molecule is Cc1ccc(S(=O)(=O)NCCNC(=O)NCCc2cccc(Cl)c2)cc1. The van der Waals surface area contributed by atoms with Crippen LogP contribution in [0.15, 0.2) is 53.4 Å². The number of amides is 2. The summed E-state index contributed by atoms with van der Waals surface area (Å²) in [7, 11) is -3.57. The third-order valence-corrected chi connectivity index (χ3v) is 5.33. The Labute approximate surface area is 159 Å². The molecule has 0 radical (unpaired) electrons. The van der Waals surface area contributed by atoms with Crippen LogP contribution in [0.4, 0.5) is 4.79 Å². The van der Waals surface area contributed by atoms with Crippen molar-refractivity contribution in [3.8, 4) is 0 Å². The van der Waals surface area contributed by atoms with Crippen LogP contribution in [0.2, 0.25) is 5.02 Å². The van der Waals surface area contributed by atoms with Gasteiger partial charge >= 0.3 is 6.03 Å². The second kappa shape index (κ2) is 9.56. The number of halogens is 1. The molecule has 2 aromatic rings. The number of sulfonamides is 1. The molecule has 2 rings (SSSR count). The van der Waals surface area contributed by atoms with Crippen LogP contribution in [0.25, 0.3) is 0 Å². The predicted octanol–water partition coefficient (Wildman–Crippen LogP) is 2.47. The molecule has 8 heteroatoms. The van der Waals surface area contributed by atoms with Crippen molar-refractivity contribution in [2.24, 2.45) is 0 Å². The summed E-state index contributed by atoms with van der Waals surface area (Å²) in [5.41, 5.74) is 2.02. The molecular weight excluding hydrogens is 374 g/mol. The average molecular weight is 396 g/mol. The van der Waals surface area contributed by atoms with Gasteiger partial charge in [0.15, 0.2) is 0 Å². The molecular formula is C18H22ClN3O3S. The molecule has 0 unspecified atom stereocenters. The quantitative estimate of drug-likeness (QED) is 0.600. The Hall–Kier alpha value is -2.09. The smallest absolute Gasteiger partial charge is 0.314 e. The van der Waals surface area contributed by atoms with Crippen LogP contribution in [0.3, 0.4) is 0 Å². The zero-order valence-electron chi connectivity index (χ0n) is 14.5. The number of nitrogens with one attached hydrogen (secondary N) is 3. The summed E-state index contributed by atoms with van der Waals surface area (Å²) in [6.07, 6.45) is 0.661. The molecule has 0 aromatic heterocycles. The molecule has 0 bridgehead atoms. The van der Waals surface area contributed by atoms with Crippen LogP contribution in [0.1, 0.15) is 11.1 Å². The molecule has 0 fully saturated rings. The van der Waals surface area contributed by atoms with Gasteiger partial charge in [-0.05, 0) is 43.2 Å². The fourth-order valence-electron chi connectivity index (χ4n) is 2.24. The van der Waals surface area contributed by atoms with E-state index in [1.807, 2.05) is 25.1 Å². The molecule has 0 saturated carbocycles. The highest BCUT2D eigenvalue weighted by Crippen LogP contribution is 2.11. The van der Waals surface area contributed by atoms with Crippen molar-refractivity contribution in [1.29, 1.82) is 0 Å². The fraction of sp³-hybridized carbons (Fsp3) is 0.278. The Balaban J connectivity index is 1.66. The number of rotatable bonds is 8. The second-order valence-electron chi connectivity index (χ2n) is 5.77. The summed E-state index contributed by atoms with van der Waals surface area (Å²) in [6.45, 7) is 2.64. The average Bonchev–Trinajstić information content (AvgIpc) is 2.59. The van der Waals surface area contributed by atoms with E-state index in [1.54, 1.807) is 30.3 Å². The van der Waals surface area contributed by atoms with Crippen molar-refractivity contribution >= 4 is 27.7 Å². The molecule has 26 heavy (non-hydrogen) atoms. The largest absolute Gasteiger partial charge is 0.338 e. The minimum atomic E-state index is -3.57. The summed E-state index contributed by atoms with van der Waals surface area (Å²) in [4.78, 5) is 11.9. The molecule has 0 aliphatic rings. The van der Waals surface area contributed by atoms with Gasteiger partial charge in [-0.15, -0.1) is 0 Å². The lowest BCUT2D eigenvalue weighted by atomic mass is 10.1. The number of hydrogen-bond donors (Lipinski definition) is 3. The van der Waals surface area contributed by atoms with Crippen molar-refractivity contribution in [1.82, 2.24) is 15.4 Å².